The summed E-state index contributed by atoms with van der Waals surface area (Å²) in [5, 5.41) is 0.769. The predicted octanol–water partition coefficient (Wildman–Crippen LogP) is 4.98. The van der Waals surface area contributed by atoms with Gasteiger partial charge in [-0.1, -0.05) is 42.0 Å². The fraction of sp³-hybridized carbons (Fsp3) is 0.118. The molecule has 1 aromatic heterocycles. The lowest BCUT2D eigenvalue weighted by Crippen LogP contribution is -2.08. The molecular formula is C17H13ClOS. The summed E-state index contributed by atoms with van der Waals surface area (Å²) >= 11 is 7.66. The Labute approximate surface area is 126 Å². The Morgan fingerprint density at radius 2 is 1.85 bits per heavy atom. The van der Waals surface area contributed by atoms with Gasteiger partial charge in [0.25, 0.3) is 0 Å². The van der Waals surface area contributed by atoms with Crippen molar-refractivity contribution in [2.45, 2.75) is 12.8 Å². The van der Waals surface area contributed by atoms with Crippen molar-refractivity contribution in [2.75, 3.05) is 0 Å². The minimum absolute atomic E-state index is 0.0521. The van der Waals surface area contributed by atoms with Gasteiger partial charge in [-0.3, -0.25) is 4.79 Å². The minimum atomic E-state index is 0.0521. The van der Waals surface area contributed by atoms with Crippen LogP contribution in [0.15, 0.2) is 53.3 Å². The van der Waals surface area contributed by atoms with E-state index in [1.165, 1.54) is 0 Å². The van der Waals surface area contributed by atoms with E-state index in [2.05, 4.69) is 0 Å². The molecule has 0 fully saturated rings. The van der Waals surface area contributed by atoms with Crippen molar-refractivity contribution >= 4 is 33.0 Å². The van der Waals surface area contributed by atoms with Crippen LogP contribution >= 0.6 is 22.9 Å². The third-order valence-corrected chi connectivity index (χ3v) is 4.84. The second-order valence-electron chi connectivity index (χ2n) is 4.74. The summed E-state index contributed by atoms with van der Waals surface area (Å²) in [7, 11) is 0. The van der Waals surface area contributed by atoms with Crippen molar-refractivity contribution in [3.8, 4) is 10.4 Å². The molecule has 0 saturated carbocycles. The molecule has 0 aliphatic heterocycles. The fourth-order valence-corrected chi connectivity index (χ4v) is 3.79. The highest BCUT2D eigenvalue weighted by atomic mass is 35.5. The Morgan fingerprint density at radius 3 is 2.55 bits per heavy atom. The second kappa shape index (κ2) is 5.39. The van der Waals surface area contributed by atoms with E-state index in [4.69, 9.17) is 11.6 Å². The van der Waals surface area contributed by atoms with Gasteiger partial charge in [0.05, 0.1) is 5.88 Å². The maximum Gasteiger partial charge on any atom is 0.193 e. The summed E-state index contributed by atoms with van der Waals surface area (Å²) in [6, 6.07) is 15.9. The Kier molecular flexibility index (Phi) is 3.60. The summed E-state index contributed by atoms with van der Waals surface area (Å²) in [6.07, 6.45) is 0. The monoisotopic (exact) mass is 300 g/mol. The fourth-order valence-electron chi connectivity index (χ4n) is 2.29. The lowest BCUT2D eigenvalue weighted by Gasteiger charge is -2.08. The van der Waals surface area contributed by atoms with Crippen LogP contribution in [-0.4, -0.2) is 0 Å². The smallest absolute Gasteiger partial charge is 0.193 e. The molecule has 2 aromatic carbocycles. The lowest BCUT2D eigenvalue weighted by atomic mass is 10.1. The Balaban J connectivity index is 2.39. The van der Waals surface area contributed by atoms with Crippen molar-refractivity contribution in [2.24, 2.45) is 0 Å². The highest BCUT2D eigenvalue weighted by Crippen LogP contribution is 2.32. The van der Waals surface area contributed by atoms with Gasteiger partial charge in [-0.2, -0.15) is 0 Å². The molecule has 3 rings (SSSR count). The first-order chi connectivity index (χ1) is 9.70. The van der Waals surface area contributed by atoms with Gasteiger partial charge in [0, 0.05) is 20.5 Å². The molecule has 0 unspecified atom stereocenters. The van der Waals surface area contributed by atoms with Crippen molar-refractivity contribution in [3.05, 3.63) is 69.9 Å². The van der Waals surface area contributed by atoms with Crippen LogP contribution in [0.3, 0.4) is 0 Å². The molecule has 0 amide bonds. The molecule has 20 heavy (non-hydrogen) atoms. The van der Waals surface area contributed by atoms with Gasteiger partial charge in [-0.25, -0.2) is 0 Å². The highest BCUT2D eigenvalue weighted by Gasteiger charge is 2.13. The van der Waals surface area contributed by atoms with Gasteiger partial charge in [-0.15, -0.1) is 22.9 Å². The molecule has 0 aliphatic rings. The van der Waals surface area contributed by atoms with E-state index in [-0.39, 0.29) is 11.3 Å². The van der Waals surface area contributed by atoms with E-state index < -0.39 is 0 Å². The topological polar surface area (TPSA) is 17.1 Å². The van der Waals surface area contributed by atoms with Crippen LogP contribution in [0.1, 0.15) is 11.1 Å². The van der Waals surface area contributed by atoms with Gasteiger partial charge >= 0.3 is 0 Å². The van der Waals surface area contributed by atoms with E-state index in [1.807, 2.05) is 55.5 Å². The molecule has 0 radical (unpaired) electrons. The molecule has 0 aliphatic carbocycles. The molecule has 0 spiro atoms. The number of benzene rings is 2. The van der Waals surface area contributed by atoms with E-state index in [9.17, 15) is 4.79 Å². The largest absolute Gasteiger partial charge is 0.289 e. The summed E-state index contributed by atoms with van der Waals surface area (Å²) in [5.74, 6) is 0.240. The summed E-state index contributed by atoms with van der Waals surface area (Å²) in [6.45, 7) is 2.00. The molecule has 1 heterocycles. The Bertz CT molecular complexity index is 822. The first-order valence-corrected chi connectivity index (χ1v) is 7.73. The number of hydrogen-bond donors (Lipinski definition) is 0. The van der Waals surface area contributed by atoms with Crippen molar-refractivity contribution in [3.63, 3.8) is 0 Å². The van der Waals surface area contributed by atoms with E-state index in [1.54, 1.807) is 11.3 Å². The average Bonchev–Trinajstić information content (AvgIpc) is 2.48. The summed E-state index contributed by atoms with van der Waals surface area (Å²) in [4.78, 5) is 13.6. The molecule has 100 valence electrons. The highest BCUT2D eigenvalue weighted by molar-refractivity contribution is 7.21. The van der Waals surface area contributed by atoms with Crippen LogP contribution in [0.5, 0.6) is 0 Å². The molecule has 0 saturated heterocycles. The zero-order valence-electron chi connectivity index (χ0n) is 11.0. The van der Waals surface area contributed by atoms with Gasteiger partial charge < -0.3 is 0 Å². The molecule has 1 nitrogen and oxygen atoms in total. The SMILES string of the molecule is Cc1ccc2sc(-c3ccccc3)c(CCl)c(=O)c2c1. The van der Waals surface area contributed by atoms with Crippen LogP contribution in [0.4, 0.5) is 0 Å². The van der Waals surface area contributed by atoms with Crippen LogP contribution in [-0.2, 0) is 5.88 Å². The van der Waals surface area contributed by atoms with Gasteiger partial charge in [0.2, 0.25) is 0 Å². The molecular weight excluding hydrogens is 288 g/mol. The van der Waals surface area contributed by atoms with E-state index in [0.29, 0.717) is 5.56 Å². The van der Waals surface area contributed by atoms with Gasteiger partial charge in [0.1, 0.15) is 0 Å². The van der Waals surface area contributed by atoms with E-state index >= 15 is 0 Å². The molecule has 0 atom stereocenters. The predicted molar refractivity (Wildman–Crippen MR) is 87.8 cm³/mol. The van der Waals surface area contributed by atoms with Crippen molar-refractivity contribution < 1.29 is 0 Å². The van der Waals surface area contributed by atoms with Crippen LogP contribution < -0.4 is 5.43 Å². The van der Waals surface area contributed by atoms with Crippen LogP contribution in [0.25, 0.3) is 20.5 Å². The molecule has 3 heteroatoms. The third-order valence-electron chi connectivity index (χ3n) is 3.31. The maximum atomic E-state index is 12.6. The zero-order chi connectivity index (χ0) is 14.1. The Hall–Kier alpha value is -1.64. The van der Waals surface area contributed by atoms with Crippen molar-refractivity contribution in [1.82, 2.24) is 0 Å². The molecule has 0 N–H and O–H groups in total. The molecule has 0 bridgehead atoms. The first-order valence-electron chi connectivity index (χ1n) is 6.38. The quantitative estimate of drug-likeness (QED) is 0.610. The third kappa shape index (κ3) is 2.26. The number of rotatable bonds is 2. The number of alkyl halides is 1. The van der Waals surface area contributed by atoms with Crippen LogP contribution in [0, 0.1) is 6.92 Å². The van der Waals surface area contributed by atoms with Crippen LogP contribution in [0.2, 0.25) is 0 Å². The normalized spacial score (nSPS) is 10.9. The average molecular weight is 301 g/mol. The van der Waals surface area contributed by atoms with Crippen molar-refractivity contribution in [1.29, 1.82) is 0 Å². The maximum absolute atomic E-state index is 12.6. The van der Waals surface area contributed by atoms with Gasteiger partial charge in [0.15, 0.2) is 5.43 Å². The zero-order valence-corrected chi connectivity index (χ0v) is 12.6. The Morgan fingerprint density at radius 1 is 1.10 bits per heavy atom. The standard InChI is InChI=1S/C17H13ClOS/c1-11-7-8-15-13(9-11)16(19)14(10-18)17(20-15)12-5-3-2-4-6-12/h2-9H,10H2,1H3. The summed E-state index contributed by atoms with van der Waals surface area (Å²) < 4.78 is 1.01. The number of halogens is 1. The first kappa shape index (κ1) is 13.3. The number of hydrogen-bond acceptors (Lipinski definition) is 2. The minimum Gasteiger partial charge on any atom is -0.289 e. The molecule has 3 aromatic rings. The lowest BCUT2D eigenvalue weighted by molar-refractivity contribution is 1.39. The van der Waals surface area contributed by atoms with Gasteiger partial charge in [-0.05, 0) is 24.6 Å². The second-order valence-corrected chi connectivity index (χ2v) is 6.06. The number of aryl methyl sites for hydroxylation is 1. The summed E-state index contributed by atoms with van der Waals surface area (Å²) in [5.41, 5.74) is 2.89. The number of fused-ring (bicyclic) bond motifs is 1. The van der Waals surface area contributed by atoms with E-state index in [0.717, 1.165) is 26.1 Å².